The Morgan fingerprint density at radius 3 is 2.37 bits per heavy atom. The summed E-state index contributed by atoms with van der Waals surface area (Å²) in [5.74, 6) is -2.48. The number of benzene rings is 2. The second kappa shape index (κ2) is 12.6. The number of esters is 1. The summed E-state index contributed by atoms with van der Waals surface area (Å²) in [6.45, 7) is 4.61. The van der Waals surface area contributed by atoms with Crippen molar-refractivity contribution >= 4 is 50.8 Å². The Kier molecular flexibility index (Phi) is 9.54. The van der Waals surface area contributed by atoms with E-state index in [0.29, 0.717) is 5.69 Å². The number of ether oxygens (including phenoxy) is 1. The minimum atomic E-state index is -3.97. The van der Waals surface area contributed by atoms with Gasteiger partial charge in [-0.25, -0.2) is 13.2 Å². The van der Waals surface area contributed by atoms with Gasteiger partial charge in [-0.15, -0.1) is 0 Å². The first-order valence-electron chi connectivity index (χ1n) is 11.7. The molecular weight excluding hydrogens is 534 g/mol. The number of rotatable bonds is 11. The number of nitrogens with one attached hydrogen (secondary N) is 2. The molecule has 0 saturated carbocycles. The third-order valence-electron chi connectivity index (χ3n) is 5.43. The van der Waals surface area contributed by atoms with Crippen molar-refractivity contribution in [3.8, 4) is 0 Å². The van der Waals surface area contributed by atoms with E-state index in [1.54, 1.807) is 51.1 Å². The first kappa shape index (κ1) is 28.7. The summed E-state index contributed by atoms with van der Waals surface area (Å²) in [5, 5.41) is 5.09. The highest BCUT2D eigenvalue weighted by Crippen LogP contribution is 2.29. The molecule has 0 unspecified atom stereocenters. The molecule has 0 radical (unpaired) electrons. The van der Waals surface area contributed by atoms with Gasteiger partial charge < -0.3 is 19.8 Å². The Labute approximate surface area is 226 Å². The molecule has 12 heteroatoms. The molecule has 0 bridgehead atoms. The van der Waals surface area contributed by atoms with Crippen molar-refractivity contribution in [3.05, 3.63) is 77.7 Å². The molecule has 3 rings (SSSR count). The third-order valence-corrected chi connectivity index (χ3v) is 7.66. The quantitative estimate of drug-likeness (QED) is 0.337. The standard InChI is InChI=1S/C26H28ClN3O7S/c1-4-30(18-9-6-5-7-10-18)38(34,35)19-12-13-20(27)21(15-19)28-23(31)16-37-26(33)24(17(2)3)29-25(32)22-11-8-14-36-22/h5-15,17,24H,4,16H2,1-3H3,(H,28,31)(H,29,32)/t24-/m0/s1. The fourth-order valence-electron chi connectivity index (χ4n) is 3.50. The molecular formula is C26H28ClN3O7S. The largest absolute Gasteiger partial charge is 0.459 e. The number of anilines is 2. The topological polar surface area (TPSA) is 135 Å². The van der Waals surface area contributed by atoms with Gasteiger partial charge in [0.15, 0.2) is 12.4 Å². The zero-order valence-corrected chi connectivity index (χ0v) is 22.6. The molecule has 0 aliphatic rings. The highest BCUT2D eigenvalue weighted by Gasteiger charge is 2.28. The van der Waals surface area contributed by atoms with Gasteiger partial charge >= 0.3 is 5.97 Å². The Morgan fingerprint density at radius 1 is 1.05 bits per heavy atom. The first-order valence-corrected chi connectivity index (χ1v) is 13.5. The molecule has 1 heterocycles. The van der Waals surface area contributed by atoms with Gasteiger partial charge in [-0.05, 0) is 55.3 Å². The summed E-state index contributed by atoms with van der Waals surface area (Å²) in [7, 11) is -3.97. The monoisotopic (exact) mass is 561 g/mol. The van der Waals surface area contributed by atoms with Crippen molar-refractivity contribution in [2.24, 2.45) is 5.92 Å². The molecule has 0 aliphatic heterocycles. The molecule has 2 aromatic carbocycles. The maximum atomic E-state index is 13.3. The number of hydrogen-bond donors (Lipinski definition) is 2. The molecule has 3 aromatic rings. The summed E-state index contributed by atoms with van der Waals surface area (Å²) < 4.78 is 38.0. The number of hydrogen-bond acceptors (Lipinski definition) is 7. The molecule has 0 spiro atoms. The van der Waals surface area contributed by atoms with E-state index in [1.165, 1.54) is 40.9 Å². The maximum Gasteiger partial charge on any atom is 0.329 e. The first-order chi connectivity index (χ1) is 18.0. The van der Waals surface area contributed by atoms with Crippen LogP contribution in [-0.2, 0) is 24.3 Å². The summed E-state index contributed by atoms with van der Waals surface area (Å²) in [6, 6.07) is 14.5. The lowest BCUT2D eigenvalue weighted by Gasteiger charge is -2.23. The van der Waals surface area contributed by atoms with Gasteiger partial charge in [-0.2, -0.15) is 0 Å². The lowest BCUT2D eigenvalue weighted by molar-refractivity contribution is -0.150. The fourth-order valence-corrected chi connectivity index (χ4v) is 5.17. The van der Waals surface area contributed by atoms with Crippen LogP contribution in [0.15, 0.2) is 76.2 Å². The number of amides is 2. The fraction of sp³-hybridized carbons (Fsp3) is 0.269. The van der Waals surface area contributed by atoms with E-state index >= 15 is 0 Å². The molecule has 1 aromatic heterocycles. The summed E-state index contributed by atoms with van der Waals surface area (Å²) >= 11 is 6.19. The van der Waals surface area contributed by atoms with Crippen molar-refractivity contribution in [3.63, 3.8) is 0 Å². The summed E-state index contributed by atoms with van der Waals surface area (Å²) in [6.07, 6.45) is 1.33. The van der Waals surface area contributed by atoms with Crippen LogP contribution < -0.4 is 14.9 Å². The van der Waals surface area contributed by atoms with E-state index in [0.717, 1.165) is 0 Å². The minimum absolute atomic E-state index is 0.0274. The van der Waals surface area contributed by atoms with Crippen molar-refractivity contribution in [1.29, 1.82) is 0 Å². The molecule has 2 N–H and O–H groups in total. The van der Waals surface area contributed by atoms with Crippen LogP contribution >= 0.6 is 11.6 Å². The Hall–Kier alpha value is -3.83. The molecule has 10 nitrogen and oxygen atoms in total. The molecule has 0 aliphatic carbocycles. The highest BCUT2D eigenvalue weighted by atomic mass is 35.5. The van der Waals surface area contributed by atoms with E-state index in [2.05, 4.69) is 10.6 Å². The highest BCUT2D eigenvalue weighted by molar-refractivity contribution is 7.92. The van der Waals surface area contributed by atoms with Gasteiger partial charge in [-0.3, -0.25) is 13.9 Å². The third kappa shape index (κ3) is 6.93. The lowest BCUT2D eigenvalue weighted by atomic mass is 10.0. The second-order valence-corrected chi connectivity index (χ2v) is 10.7. The van der Waals surface area contributed by atoms with E-state index < -0.39 is 40.5 Å². The zero-order valence-electron chi connectivity index (χ0n) is 21.0. The smallest absolute Gasteiger partial charge is 0.329 e. The van der Waals surface area contributed by atoms with Crippen LogP contribution in [0.4, 0.5) is 11.4 Å². The summed E-state index contributed by atoms with van der Waals surface area (Å²) in [5.41, 5.74) is 0.519. The van der Waals surface area contributed by atoms with E-state index in [4.69, 9.17) is 20.8 Å². The van der Waals surface area contributed by atoms with Crippen LogP contribution in [0.1, 0.15) is 31.3 Å². The van der Waals surface area contributed by atoms with Gasteiger partial charge in [0.25, 0.3) is 21.8 Å². The van der Waals surface area contributed by atoms with Crippen molar-refractivity contribution in [1.82, 2.24) is 5.32 Å². The van der Waals surface area contributed by atoms with Crippen molar-refractivity contribution in [2.75, 3.05) is 22.8 Å². The van der Waals surface area contributed by atoms with Crippen LogP contribution in [0.3, 0.4) is 0 Å². The predicted molar refractivity (Wildman–Crippen MR) is 142 cm³/mol. The van der Waals surface area contributed by atoms with Gasteiger partial charge in [0, 0.05) is 6.54 Å². The SMILES string of the molecule is CCN(c1ccccc1)S(=O)(=O)c1ccc(Cl)c(NC(=O)COC(=O)[C@@H](NC(=O)c2ccco2)C(C)C)c1. The Morgan fingerprint density at radius 2 is 1.76 bits per heavy atom. The van der Waals surface area contributed by atoms with Gasteiger partial charge in [0.2, 0.25) is 0 Å². The number of furan rings is 1. The van der Waals surface area contributed by atoms with Gasteiger partial charge in [0.1, 0.15) is 6.04 Å². The van der Waals surface area contributed by atoms with Crippen LogP contribution in [0.2, 0.25) is 5.02 Å². The van der Waals surface area contributed by atoms with E-state index in [9.17, 15) is 22.8 Å². The van der Waals surface area contributed by atoms with Crippen LogP contribution in [0.5, 0.6) is 0 Å². The normalized spacial score (nSPS) is 12.0. The number of para-hydroxylation sites is 1. The van der Waals surface area contributed by atoms with E-state index in [1.807, 2.05) is 0 Å². The van der Waals surface area contributed by atoms with E-state index in [-0.39, 0.29) is 33.8 Å². The number of carbonyl (C=O) groups is 3. The van der Waals surface area contributed by atoms with Gasteiger partial charge in [-0.1, -0.05) is 43.6 Å². The molecule has 1 atom stereocenters. The van der Waals surface area contributed by atoms with Gasteiger partial charge in [0.05, 0.1) is 27.6 Å². The molecule has 202 valence electrons. The molecule has 2 amide bonds. The number of sulfonamides is 1. The lowest BCUT2D eigenvalue weighted by Crippen LogP contribution is -2.45. The molecule has 0 fully saturated rings. The van der Waals surface area contributed by atoms with Crippen LogP contribution in [0.25, 0.3) is 0 Å². The average molecular weight is 562 g/mol. The molecule has 38 heavy (non-hydrogen) atoms. The van der Waals surface area contributed by atoms with Crippen molar-refractivity contribution < 1.29 is 32.0 Å². The summed E-state index contributed by atoms with van der Waals surface area (Å²) in [4.78, 5) is 37.3. The minimum Gasteiger partial charge on any atom is -0.459 e. The number of halogens is 1. The zero-order chi connectivity index (χ0) is 27.9. The van der Waals surface area contributed by atoms with Crippen LogP contribution in [-0.4, -0.2) is 45.4 Å². The molecule has 0 saturated heterocycles. The van der Waals surface area contributed by atoms with Crippen LogP contribution in [0, 0.1) is 5.92 Å². The number of nitrogens with zero attached hydrogens (tertiary/aromatic N) is 1. The number of carbonyl (C=O) groups excluding carboxylic acids is 3. The maximum absolute atomic E-state index is 13.3. The second-order valence-electron chi connectivity index (χ2n) is 8.48. The van der Waals surface area contributed by atoms with Crippen molar-refractivity contribution in [2.45, 2.75) is 31.7 Å². The Bertz CT molecular complexity index is 1380. The average Bonchev–Trinajstić information content (AvgIpc) is 3.43. The predicted octanol–water partition coefficient (Wildman–Crippen LogP) is 4.08. The Balaban J connectivity index is 1.68.